The summed E-state index contributed by atoms with van der Waals surface area (Å²) in [4.78, 5) is 11.3. The van der Waals surface area contributed by atoms with E-state index in [0.717, 1.165) is 43.5 Å². The molecule has 0 spiro atoms. The topological polar surface area (TPSA) is 41.1 Å². The van der Waals surface area contributed by atoms with E-state index in [-0.39, 0.29) is 0 Å². The molecule has 0 aromatic rings. The van der Waals surface area contributed by atoms with Crippen molar-refractivity contribution in [3.8, 4) is 11.4 Å². The number of imidazole rings is 1. The molecule has 4 nitrogen and oxygen atoms in total. The van der Waals surface area contributed by atoms with Crippen molar-refractivity contribution in [2.24, 2.45) is 0 Å². The first kappa shape index (κ1) is 10.7. The molecule has 1 saturated heterocycles. The van der Waals surface area contributed by atoms with Crippen molar-refractivity contribution in [1.29, 1.82) is 0 Å². The zero-order valence-electron chi connectivity index (χ0n) is 9.36. The molecule has 1 N–H and O–H groups in total. The fraction of sp³-hybridized carbons (Fsp3) is 0.333. The highest BCUT2D eigenvalue weighted by molar-refractivity contribution is 6.30. The van der Waals surface area contributed by atoms with E-state index < -0.39 is 0 Å². The zero-order valence-corrected chi connectivity index (χ0v) is 10.1. The smallest absolute Gasteiger partial charge is 0.226 e. The standard InChI is InChI=1S/C12H13ClN4/c13-9-1-3-10-11(4-2-9)16-12(15-10)17-7-5-14-6-8-17/h1-4,14H,5-8H2. The fourth-order valence-corrected chi connectivity index (χ4v) is 2.11. The van der Waals surface area contributed by atoms with Crippen LogP contribution in [0.3, 0.4) is 0 Å². The molecule has 0 unspecified atom stereocenters. The van der Waals surface area contributed by atoms with Crippen molar-refractivity contribution in [3.63, 3.8) is 0 Å². The molecule has 0 aromatic heterocycles. The fourth-order valence-electron chi connectivity index (χ4n) is 1.98. The summed E-state index contributed by atoms with van der Waals surface area (Å²) in [7, 11) is 0. The second kappa shape index (κ2) is 4.47. The lowest BCUT2D eigenvalue weighted by atomic mass is 10.3. The largest absolute Gasteiger partial charge is 0.338 e. The summed E-state index contributed by atoms with van der Waals surface area (Å²) < 4.78 is 0. The molecule has 3 aliphatic rings. The van der Waals surface area contributed by atoms with Gasteiger partial charge in [-0.3, -0.25) is 0 Å². The number of nitrogens with zero attached hydrogens (tertiary/aromatic N) is 3. The Balaban J connectivity index is 1.96. The van der Waals surface area contributed by atoms with E-state index in [1.807, 2.05) is 24.3 Å². The van der Waals surface area contributed by atoms with Gasteiger partial charge in [0.2, 0.25) is 5.95 Å². The maximum atomic E-state index is 5.93. The summed E-state index contributed by atoms with van der Waals surface area (Å²) >= 11 is 5.93. The molecule has 3 rings (SSSR count). The SMILES string of the molecule is Clc1ccc2nc(N3CCNCC3)nc-2cc1. The van der Waals surface area contributed by atoms with E-state index in [1.54, 1.807) is 0 Å². The first-order valence-electron chi connectivity index (χ1n) is 5.72. The number of hydrogen-bond donors (Lipinski definition) is 1. The lowest BCUT2D eigenvalue weighted by molar-refractivity contribution is 0.582. The Hall–Kier alpha value is -1.39. The van der Waals surface area contributed by atoms with Crippen LogP contribution in [0.15, 0.2) is 24.3 Å². The third-order valence-corrected chi connectivity index (χ3v) is 3.16. The van der Waals surface area contributed by atoms with Crippen molar-refractivity contribution in [2.45, 2.75) is 0 Å². The number of aromatic nitrogens is 2. The number of fused-ring (bicyclic) bond motifs is 1. The quantitative estimate of drug-likeness (QED) is 0.833. The Morgan fingerprint density at radius 2 is 1.59 bits per heavy atom. The summed E-state index contributed by atoms with van der Waals surface area (Å²) in [5.41, 5.74) is 1.79. The first-order chi connectivity index (χ1) is 8.33. The van der Waals surface area contributed by atoms with Crippen LogP contribution in [0.25, 0.3) is 11.4 Å². The molecule has 2 heterocycles. The Morgan fingerprint density at radius 3 is 2.18 bits per heavy atom. The molecule has 1 fully saturated rings. The average molecular weight is 249 g/mol. The highest BCUT2D eigenvalue weighted by Crippen LogP contribution is 2.23. The van der Waals surface area contributed by atoms with Gasteiger partial charge in [0.15, 0.2) is 0 Å². The van der Waals surface area contributed by atoms with Gasteiger partial charge in [-0.05, 0) is 24.3 Å². The molecule has 0 radical (unpaired) electrons. The number of piperazine rings is 1. The van der Waals surface area contributed by atoms with Crippen molar-refractivity contribution in [2.75, 3.05) is 31.1 Å². The Morgan fingerprint density at radius 1 is 1.00 bits per heavy atom. The third kappa shape index (κ3) is 2.18. The minimum absolute atomic E-state index is 0.702. The number of nitrogens with one attached hydrogen (secondary N) is 1. The summed E-state index contributed by atoms with van der Waals surface area (Å²) in [6.07, 6.45) is 0. The molecule has 2 aliphatic heterocycles. The molecule has 0 saturated carbocycles. The van der Waals surface area contributed by atoms with Gasteiger partial charge in [-0.2, -0.15) is 0 Å². The maximum Gasteiger partial charge on any atom is 0.226 e. The monoisotopic (exact) mass is 248 g/mol. The van der Waals surface area contributed by atoms with Crippen LogP contribution in [0.1, 0.15) is 0 Å². The molecule has 88 valence electrons. The highest BCUT2D eigenvalue weighted by atomic mass is 35.5. The lowest BCUT2D eigenvalue weighted by Crippen LogP contribution is -2.44. The summed E-state index contributed by atoms with van der Waals surface area (Å²) in [6.45, 7) is 3.90. The van der Waals surface area contributed by atoms with Gasteiger partial charge in [-0.25, -0.2) is 9.97 Å². The van der Waals surface area contributed by atoms with Gasteiger partial charge >= 0.3 is 0 Å². The van der Waals surface area contributed by atoms with Gasteiger partial charge < -0.3 is 10.2 Å². The van der Waals surface area contributed by atoms with E-state index in [9.17, 15) is 0 Å². The van der Waals surface area contributed by atoms with Gasteiger partial charge in [0.25, 0.3) is 0 Å². The van der Waals surface area contributed by atoms with Crippen molar-refractivity contribution in [3.05, 3.63) is 29.3 Å². The van der Waals surface area contributed by atoms with Crippen LogP contribution in [0, 0.1) is 0 Å². The first-order valence-corrected chi connectivity index (χ1v) is 6.10. The number of anilines is 1. The minimum atomic E-state index is 0.702. The van der Waals surface area contributed by atoms with Crippen molar-refractivity contribution < 1.29 is 0 Å². The van der Waals surface area contributed by atoms with E-state index in [2.05, 4.69) is 20.2 Å². The second-order valence-corrected chi connectivity index (χ2v) is 4.52. The third-order valence-electron chi connectivity index (χ3n) is 2.90. The van der Waals surface area contributed by atoms with Gasteiger partial charge in [-0.15, -0.1) is 0 Å². The normalized spacial score (nSPS) is 16.4. The zero-order chi connectivity index (χ0) is 11.7. The lowest BCUT2D eigenvalue weighted by Gasteiger charge is -2.26. The molecule has 1 aliphatic carbocycles. The summed E-state index contributed by atoms with van der Waals surface area (Å²) in [5, 5.41) is 4.02. The second-order valence-electron chi connectivity index (χ2n) is 4.08. The van der Waals surface area contributed by atoms with Gasteiger partial charge in [0.1, 0.15) is 0 Å². The molecular weight excluding hydrogens is 236 g/mol. The average Bonchev–Trinajstić information content (AvgIpc) is 2.71. The Labute approximate surface area is 105 Å². The molecule has 0 atom stereocenters. The van der Waals surface area contributed by atoms with Crippen LogP contribution in [-0.4, -0.2) is 36.1 Å². The van der Waals surface area contributed by atoms with Gasteiger partial charge in [0, 0.05) is 31.2 Å². The predicted molar refractivity (Wildman–Crippen MR) is 68.7 cm³/mol. The minimum Gasteiger partial charge on any atom is -0.338 e. The van der Waals surface area contributed by atoms with E-state index in [4.69, 9.17) is 11.6 Å². The molecule has 0 bridgehead atoms. The van der Waals surface area contributed by atoms with Crippen LogP contribution >= 0.6 is 11.6 Å². The number of halogens is 1. The summed E-state index contributed by atoms with van der Waals surface area (Å²) in [6, 6.07) is 7.52. The molecular formula is C12H13ClN4. The number of rotatable bonds is 1. The van der Waals surface area contributed by atoms with Crippen LogP contribution in [0.5, 0.6) is 0 Å². The molecule has 5 heteroatoms. The van der Waals surface area contributed by atoms with Crippen LogP contribution < -0.4 is 10.2 Å². The van der Waals surface area contributed by atoms with Crippen LogP contribution in [-0.2, 0) is 0 Å². The van der Waals surface area contributed by atoms with E-state index >= 15 is 0 Å². The predicted octanol–water partition coefficient (Wildman–Crippen LogP) is 1.64. The molecule has 0 aromatic carbocycles. The van der Waals surface area contributed by atoms with Crippen LogP contribution in [0.2, 0.25) is 5.02 Å². The maximum absolute atomic E-state index is 5.93. The Kier molecular flexibility index (Phi) is 2.82. The van der Waals surface area contributed by atoms with Gasteiger partial charge in [-0.1, -0.05) is 11.6 Å². The molecule has 17 heavy (non-hydrogen) atoms. The van der Waals surface area contributed by atoms with E-state index in [0.29, 0.717) is 5.02 Å². The van der Waals surface area contributed by atoms with Crippen molar-refractivity contribution in [1.82, 2.24) is 15.3 Å². The van der Waals surface area contributed by atoms with Crippen molar-refractivity contribution >= 4 is 17.5 Å². The van der Waals surface area contributed by atoms with E-state index in [1.165, 1.54) is 0 Å². The summed E-state index contributed by atoms with van der Waals surface area (Å²) in [5.74, 6) is 0.823. The van der Waals surface area contributed by atoms with Crippen LogP contribution in [0.4, 0.5) is 5.95 Å². The van der Waals surface area contributed by atoms with Gasteiger partial charge in [0.05, 0.1) is 11.4 Å². The Bertz CT molecular complexity index is 462. The molecule has 0 amide bonds. The highest BCUT2D eigenvalue weighted by Gasteiger charge is 2.17. The number of hydrogen-bond acceptors (Lipinski definition) is 4.